The lowest BCUT2D eigenvalue weighted by Crippen LogP contribution is -2.14. The van der Waals surface area contributed by atoms with Gasteiger partial charge in [-0.15, -0.1) is 0 Å². The molecule has 0 radical (unpaired) electrons. The average molecular weight is 573 g/mol. The molecular formula is C45H32. The van der Waals surface area contributed by atoms with Crippen LogP contribution in [0.2, 0.25) is 0 Å². The second kappa shape index (κ2) is 9.78. The van der Waals surface area contributed by atoms with Crippen molar-refractivity contribution in [3.05, 3.63) is 169 Å². The standard InChI is InChI=1S/C45H32/c1-45(2)43-24-23-34(33-14-10-13-32(25-33)31-21-19-30(20-22-31)29-11-4-3-5-12-29)26-41(43)42-27-39-37-17-8-6-15-35(37)36-16-7-9-18-38(36)40(39)28-44(42)45/h3-28H,1-2H3. The smallest absolute Gasteiger partial charge is 0.0159 e. The third kappa shape index (κ3) is 3.99. The number of hydrogen-bond donors (Lipinski definition) is 0. The molecule has 0 amide bonds. The maximum Gasteiger partial charge on any atom is 0.0159 e. The zero-order valence-corrected chi connectivity index (χ0v) is 25.5. The van der Waals surface area contributed by atoms with Crippen LogP contribution in [0.4, 0.5) is 0 Å². The Balaban J connectivity index is 1.17. The van der Waals surface area contributed by atoms with Gasteiger partial charge in [-0.2, -0.15) is 0 Å². The summed E-state index contributed by atoms with van der Waals surface area (Å²) in [6, 6.07) is 58.3. The molecule has 0 heterocycles. The summed E-state index contributed by atoms with van der Waals surface area (Å²) in [5.74, 6) is 0. The van der Waals surface area contributed by atoms with Crippen LogP contribution >= 0.6 is 0 Å². The molecule has 0 atom stereocenters. The van der Waals surface area contributed by atoms with Gasteiger partial charge >= 0.3 is 0 Å². The van der Waals surface area contributed by atoms with Gasteiger partial charge in [0.05, 0.1) is 0 Å². The predicted octanol–water partition coefficient (Wildman–Crippen LogP) is 12.5. The first-order valence-corrected chi connectivity index (χ1v) is 15.9. The van der Waals surface area contributed by atoms with Crippen molar-refractivity contribution in [3.8, 4) is 44.5 Å². The summed E-state index contributed by atoms with van der Waals surface area (Å²) in [5.41, 5.74) is 12.9. The molecule has 9 rings (SSSR count). The van der Waals surface area contributed by atoms with Crippen LogP contribution in [-0.4, -0.2) is 0 Å². The summed E-state index contributed by atoms with van der Waals surface area (Å²) in [7, 11) is 0. The van der Waals surface area contributed by atoms with Gasteiger partial charge in [-0.05, 0) is 112 Å². The van der Waals surface area contributed by atoms with Crippen LogP contribution < -0.4 is 0 Å². The van der Waals surface area contributed by atoms with E-state index in [9.17, 15) is 0 Å². The van der Waals surface area contributed by atoms with Gasteiger partial charge in [0.15, 0.2) is 0 Å². The molecule has 0 unspecified atom stereocenters. The molecule has 0 fully saturated rings. The van der Waals surface area contributed by atoms with Gasteiger partial charge in [0.25, 0.3) is 0 Å². The molecule has 0 bridgehead atoms. The highest BCUT2D eigenvalue weighted by Gasteiger charge is 2.36. The van der Waals surface area contributed by atoms with E-state index in [1.165, 1.54) is 88.0 Å². The van der Waals surface area contributed by atoms with E-state index >= 15 is 0 Å². The van der Waals surface area contributed by atoms with E-state index in [4.69, 9.17) is 0 Å². The fourth-order valence-electron chi connectivity index (χ4n) is 7.69. The van der Waals surface area contributed by atoms with E-state index < -0.39 is 0 Å². The molecule has 8 aromatic rings. The van der Waals surface area contributed by atoms with Crippen molar-refractivity contribution in [2.24, 2.45) is 0 Å². The number of hydrogen-bond acceptors (Lipinski definition) is 0. The van der Waals surface area contributed by atoms with Crippen LogP contribution in [0.5, 0.6) is 0 Å². The number of fused-ring (bicyclic) bond motifs is 9. The van der Waals surface area contributed by atoms with Crippen LogP contribution in [0.1, 0.15) is 25.0 Å². The summed E-state index contributed by atoms with van der Waals surface area (Å²) >= 11 is 0. The van der Waals surface area contributed by atoms with Gasteiger partial charge < -0.3 is 0 Å². The maximum absolute atomic E-state index is 2.48. The lowest BCUT2D eigenvalue weighted by molar-refractivity contribution is 0.661. The molecular weight excluding hydrogens is 540 g/mol. The van der Waals surface area contributed by atoms with Crippen molar-refractivity contribution in [2.75, 3.05) is 0 Å². The monoisotopic (exact) mass is 572 g/mol. The molecule has 0 spiro atoms. The Morgan fingerprint density at radius 2 is 0.711 bits per heavy atom. The number of rotatable bonds is 3. The molecule has 45 heavy (non-hydrogen) atoms. The average Bonchev–Trinajstić information content (AvgIpc) is 3.33. The van der Waals surface area contributed by atoms with Crippen molar-refractivity contribution in [2.45, 2.75) is 19.3 Å². The van der Waals surface area contributed by atoms with Crippen LogP contribution in [0.25, 0.3) is 76.8 Å². The van der Waals surface area contributed by atoms with Gasteiger partial charge in [-0.1, -0.05) is 147 Å². The normalized spacial score (nSPS) is 13.3. The summed E-state index contributed by atoms with van der Waals surface area (Å²) in [6.07, 6.45) is 0. The summed E-state index contributed by atoms with van der Waals surface area (Å²) in [5, 5.41) is 7.97. The van der Waals surface area contributed by atoms with E-state index in [1.54, 1.807) is 0 Å². The lowest BCUT2D eigenvalue weighted by Gasteiger charge is -2.22. The largest absolute Gasteiger partial charge is 0.0622 e. The van der Waals surface area contributed by atoms with Gasteiger partial charge in [0, 0.05) is 5.41 Å². The quantitative estimate of drug-likeness (QED) is 0.185. The van der Waals surface area contributed by atoms with Crippen molar-refractivity contribution in [1.29, 1.82) is 0 Å². The minimum atomic E-state index is -0.0769. The van der Waals surface area contributed by atoms with E-state index in [2.05, 4.69) is 172 Å². The third-order valence-corrected chi connectivity index (χ3v) is 10.1. The first-order chi connectivity index (χ1) is 22.1. The van der Waals surface area contributed by atoms with Crippen LogP contribution in [0.3, 0.4) is 0 Å². The van der Waals surface area contributed by atoms with Crippen molar-refractivity contribution in [3.63, 3.8) is 0 Å². The van der Waals surface area contributed by atoms with E-state index in [0.29, 0.717) is 0 Å². The lowest BCUT2D eigenvalue weighted by atomic mass is 9.81. The Bertz CT molecular complexity index is 2430. The Hall–Kier alpha value is -5.46. The van der Waals surface area contributed by atoms with Gasteiger partial charge in [0.1, 0.15) is 0 Å². The molecule has 0 heteroatoms. The third-order valence-electron chi connectivity index (χ3n) is 10.1. The van der Waals surface area contributed by atoms with E-state index in [1.807, 2.05) is 0 Å². The van der Waals surface area contributed by atoms with Crippen LogP contribution in [0.15, 0.2) is 158 Å². The summed E-state index contributed by atoms with van der Waals surface area (Å²) in [6.45, 7) is 4.76. The second-order valence-corrected chi connectivity index (χ2v) is 12.9. The van der Waals surface area contributed by atoms with E-state index in [0.717, 1.165) is 0 Å². The molecule has 0 nitrogen and oxygen atoms in total. The fourth-order valence-corrected chi connectivity index (χ4v) is 7.69. The zero-order chi connectivity index (χ0) is 30.1. The molecule has 1 aliphatic carbocycles. The van der Waals surface area contributed by atoms with E-state index in [-0.39, 0.29) is 5.41 Å². The summed E-state index contributed by atoms with van der Waals surface area (Å²) in [4.78, 5) is 0. The van der Waals surface area contributed by atoms with Crippen molar-refractivity contribution < 1.29 is 0 Å². The minimum absolute atomic E-state index is 0.0769. The van der Waals surface area contributed by atoms with Gasteiger partial charge in [-0.3, -0.25) is 0 Å². The minimum Gasteiger partial charge on any atom is -0.0622 e. The topological polar surface area (TPSA) is 0 Å². The highest BCUT2D eigenvalue weighted by molar-refractivity contribution is 6.26. The van der Waals surface area contributed by atoms with Crippen LogP contribution in [0, 0.1) is 0 Å². The number of benzene rings is 8. The molecule has 0 saturated carbocycles. The van der Waals surface area contributed by atoms with Crippen LogP contribution in [-0.2, 0) is 5.41 Å². The molecule has 0 aliphatic heterocycles. The summed E-state index contributed by atoms with van der Waals surface area (Å²) < 4.78 is 0. The van der Waals surface area contributed by atoms with Gasteiger partial charge in [0.2, 0.25) is 0 Å². The Morgan fingerprint density at radius 1 is 0.289 bits per heavy atom. The molecule has 8 aromatic carbocycles. The van der Waals surface area contributed by atoms with Crippen molar-refractivity contribution >= 4 is 32.3 Å². The molecule has 0 aromatic heterocycles. The van der Waals surface area contributed by atoms with Crippen molar-refractivity contribution in [1.82, 2.24) is 0 Å². The first kappa shape index (κ1) is 26.0. The molecule has 0 N–H and O–H groups in total. The fraction of sp³-hybridized carbons (Fsp3) is 0.0667. The van der Waals surface area contributed by atoms with Gasteiger partial charge in [-0.25, -0.2) is 0 Å². The Morgan fingerprint density at radius 3 is 1.36 bits per heavy atom. The molecule has 0 saturated heterocycles. The molecule has 1 aliphatic rings. The SMILES string of the molecule is CC1(C)c2ccc(-c3cccc(-c4ccc(-c5ccccc5)cc4)c3)cc2-c2cc3c4ccccc4c4ccccc4c3cc21. The zero-order valence-electron chi connectivity index (χ0n) is 25.5. The Kier molecular flexibility index (Phi) is 5.64. The Labute approximate surface area is 264 Å². The maximum atomic E-state index is 2.48. The highest BCUT2D eigenvalue weighted by Crippen LogP contribution is 2.52. The second-order valence-electron chi connectivity index (χ2n) is 12.9. The predicted molar refractivity (Wildman–Crippen MR) is 193 cm³/mol. The highest BCUT2D eigenvalue weighted by atomic mass is 14.4. The first-order valence-electron chi connectivity index (χ1n) is 15.9. The molecule has 212 valence electrons.